The van der Waals surface area contributed by atoms with Crippen molar-refractivity contribution < 1.29 is 9.21 Å². The number of carbonyl (C=O) groups excluding carboxylic acids is 1. The van der Waals surface area contributed by atoms with Gasteiger partial charge in [0.05, 0.1) is 6.26 Å². The van der Waals surface area contributed by atoms with Gasteiger partial charge in [0, 0.05) is 24.2 Å². The average Bonchev–Trinajstić information content (AvgIpc) is 3.12. The summed E-state index contributed by atoms with van der Waals surface area (Å²) in [5, 5.41) is 3.39. The number of furan rings is 1. The van der Waals surface area contributed by atoms with Crippen LogP contribution in [0.15, 0.2) is 71.3 Å². The number of aryl methyl sites for hydroxylation is 2. The van der Waals surface area contributed by atoms with Crippen LogP contribution in [0.1, 0.15) is 34.2 Å². The molecule has 0 amide bonds. The van der Waals surface area contributed by atoms with E-state index in [0.717, 1.165) is 36.4 Å². The molecule has 1 N–H and O–H groups in total. The summed E-state index contributed by atoms with van der Waals surface area (Å²) in [6, 6.07) is 20.1. The van der Waals surface area contributed by atoms with E-state index >= 15 is 0 Å². The van der Waals surface area contributed by atoms with Crippen molar-refractivity contribution in [3.8, 4) is 0 Å². The van der Waals surface area contributed by atoms with Crippen LogP contribution in [0.3, 0.4) is 0 Å². The third kappa shape index (κ3) is 4.35. The van der Waals surface area contributed by atoms with Gasteiger partial charge in [-0.05, 0) is 60.9 Å². The maximum atomic E-state index is 11.3. The molecule has 2 aromatic carbocycles. The Morgan fingerprint density at radius 2 is 1.75 bits per heavy atom. The molecule has 0 aliphatic rings. The first-order valence-corrected chi connectivity index (χ1v) is 8.16. The van der Waals surface area contributed by atoms with E-state index in [4.69, 9.17) is 4.42 Å². The van der Waals surface area contributed by atoms with Gasteiger partial charge in [-0.3, -0.25) is 4.79 Å². The maximum absolute atomic E-state index is 11.3. The van der Waals surface area contributed by atoms with Gasteiger partial charge in [0.2, 0.25) is 0 Å². The van der Waals surface area contributed by atoms with E-state index < -0.39 is 0 Å². The van der Waals surface area contributed by atoms with Gasteiger partial charge in [0.25, 0.3) is 0 Å². The zero-order valence-corrected chi connectivity index (χ0v) is 13.8. The van der Waals surface area contributed by atoms with E-state index in [-0.39, 0.29) is 5.78 Å². The van der Waals surface area contributed by atoms with Crippen LogP contribution in [-0.4, -0.2) is 5.78 Å². The van der Waals surface area contributed by atoms with Crippen LogP contribution in [0.5, 0.6) is 0 Å². The minimum absolute atomic E-state index is 0.0887. The molecule has 0 saturated heterocycles. The highest BCUT2D eigenvalue weighted by molar-refractivity contribution is 5.94. The van der Waals surface area contributed by atoms with Crippen LogP contribution < -0.4 is 5.32 Å². The van der Waals surface area contributed by atoms with Crippen molar-refractivity contribution in [2.75, 3.05) is 5.32 Å². The molecule has 122 valence electrons. The zero-order chi connectivity index (χ0) is 16.8. The Morgan fingerprint density at radius 3 is 2.46 bits per heavy atom. The summed E-state index contributed by atoms with van der Waals surface area (Å²) in [5.74, 6) is 1.11. The fourth-order valence-electron chi connectivity index (χ4n) is 2.64. The quantitative estimate of drug-likeness (QED) is 0.631. The molecule has 3 rings (SSSR count). The molecule has 0 aliphatic carbocycles. The van der Waals surface area contributed by atoms with Crippen LogP contribution in [0.4, 0.5) is 5.69 Å². The van der Waals surface area contributed by atoms with Crippen molar-refractivity contribution in [3.63, 3.8) is 0 Å². The fourth-order valence-corrected chi connectivity index (χ4v) is 2.64. The van der Waals surface area contributed by atoms with Crippen molar-refractivity contribution in [1.82, 2.24) is 0 Å². The number of hydrogen-bond donors (Lipinski definition) is 1. The predicted octanol–water partition coefficient (Wildman–Crippen LogP) is 4.88. The standard InChI is InChI=1S/C21H21NO2/c1-16(23)19-8-10-20(11-9-19)22-15-18-5-2-4-17(14-18)7-12-21-6-3-13-24-21/h2-6,8-11,13-14,22H,7,12,15H2,1H3. The molecule has 0 unspecified atom stereocenters. The normalized spacial score (nSPS) is 10.5. The van der Waals surface area contributed by atoms with Gasteiger partial charge >= 0.3 is 0 Å². The molecule has 0 atom stereocenters. The SMILES string of the molecule is CC(=O)c1ccc(NCc2cccc(CCc3ccco3)c2)cc1. The number of Topliss-reactive ketones (excluding diaryl/α,β-unsaturated/α-hetero) is 1. The summed E-state index contributed by atoms with van der Waals surface area (Å²) in [5.41, 5.74) is 4.29. The lowest BCUT2D eigenvalue weighted by atomic mass is 10.1. The van der Waals surface area contributed by atoms with Crippen LogP contribution in [0.2, 0.25) is 0 Å². The number of hydrogen-bond acceptors (Lipinski definition) is 3. The van der Waals surface area contributed by atoms with Crippen molar-refractivity contribution in [3.05, 3.63) is 89.4 Å². The second kappa shape index (κ2) is 7.64. The van der Waals surface area contributed by atoms with E-state index in [2.05, 4.69) is 29.6 Å². The molecule has 0 bridgehead atoms. The Morgan fingerprint density at radius 1 is 0.958 bits per heavy atom. The highest BCUT2D eigenvalue weighted by Gasteiger charge is 2.01. The number of rotatable bonds is 7. The lowest BCUT2D eigenvalue weighted by Gasteiger charge is -2.09. The molecular formula is C21H21NO2. The summed E-state index contributed by atoms with van der Waals surface area (Å²) in [6.45, 7) is 2.34. The first kappa shape index (κ1) is 16.1. The topological polar surface area (TPSA) is 42.2 Å². The molecule has 0 saturated carbocycles. The molecule has 0 fully saturated rings. The minimum atomic E-state index is 0.0887. The molecule has 0 radical (unpaired) electrons. The maximum Gasteiger partial charge on any atom is 0.159 e. The predicted molar refractivity (Wildman–Crippen MR) is 96.3 cm³/mol. The van der Waals surface area contributed by atoms with E-state index in [1.54, 1.807) is 13.2 Å². The second-order valence-corrected chi connectivity index (χ2v) is 5.89. The summed E-state index contributed by atoms with van der Waals surface area (Å²) in [7, 11) is 0. The molecule has 3 aromatic rings. The smallest absolute Gasteiger partial charge is 0.159 e. The Balaban J connectivity index is 1.57. The van der Waals surface area contributed by atoms with E-state index in [1.165, 1.54) is 11.1 Å². The average molecular weight is 319 g/mol. The van der Waals surface area contributed by atoms with Gasteiger partial charge in [-0.2, -0.15) is 0 Å². The van der Waals surface area contributed by atoms with Gasteiger partial charge in [-0.25, -0.2) is 0 Å². The van der Waals surface area contributed by atoms with Gasteiger partial charge in [-0.15, -0.1) is 0 Å². The first-order valence-electron chi connectivity index (χ1n) is 8.16. The zero-order valence-electron chi connectivity index (χ0n) is 13.8. The molecule has 0 aliphatic heterocycles. The Labute approximate surface area is 142 Å². The third-order valence-electron chi connectivity index (χ3n) is 4.02. The van der Waals surface area contributed by atoms with Gasteiger partial charge < -0.3 is 9.73 Å². The molecule has 3 heteroatoms. The second-order valence-electron chi connectivity index (χ2n) is 5.89. The molecule has 24 heavy (non-hydrogen) atoms. The summed E-state index contributed by atoms with van der Waals surface area (Å²) < 4.78 is 5.38. The Bertz CT molecular complexity index is 789. The Hall–Kier alpha value is -2.81. The lowest BCUT2D eigenvalue weighted by molar-refractivity contribution is 0.101. The third-order valence-corrected chi connectivity index (χ3v) is 4.02. The van der Waals surface area contributed by atoms with Crippen LogP contribution in [0, 0.1) is 0 Å². The van der Waals surface area contributed by atoms with Crippen molar-refractivity contribution in [1.29, 1.82) is 0 Å². The number of benzene rings is 2. The fraction of sp³-hybridized carbons (Fsp3) is 0.190. The van der Waals surface area contributed by atoms with Crippen LogP contribution in [0.25, 0.3) is 0 Å². The number of ketones is 1. The number of carbonyl (C=O) groups is 1. The highest BCUT2D eigenvalue weighted by atomic mass is 16.3. The minimum Gasteiger partial charge on any atom is -0.469 e. The summed E-state index contributed by atoms with van der Waals surface area (Å²) >= 11 is 0. The Kier molecular flexibility index (Phi) is 5.12. The molecule has 0 spiro atoms. The van der Waals surface area contributed by atoms with E-state index in [0.29, 0.717) is 0 Å². The first-order chi connectivity index (χ1) is 11.7. The van der Waals surface area contributed by atoms with Crippen molar-refractivity contribution in [2.45, 2.75) is 26.3 Å². The van der Waals surface area contributed by atoms with E-state index in [9.17, 15) is 4.79 Å². The highest BCUT2D eigenvalue weighted by Crippen LogP contribution is 2.14. The van der Waals surface area contributed by atoms with Crippen molar-refractivity contribution in [2.24, 2.45) is 0 Å². The van der Waals surface area contributed by atoms with Crippen LogP contribution in [-0.2, 0) is 19.4 Å². The van der Waals surface area contributed by atoms with Gasteiger partial charge in [0.15, 0.2) is 5.78 Å². The van der Waals surface area contributed by atoms with Crippen LogP contribution >= 0.6 is 0 Å². The lowest BCUT2D eigenvalue weighted by Crippen LogP contribution is -2.01. The van der Waals surface area contributed by atoms with Crippen molar-refractivity contribution >= 4 is 11.5 Å². The number of anilines is 1. The van der Waals surface area contributed by atoms with Gasteiger partial charge in [0.1, 0.15) is 5.76 Å². The van der Waals surface area contributed by atoms with Gasteiger partial charge in [-0.1, -0.05) is 24.3 Å². The number of nitrogens with one attached hydrogen (secondary N) is 1. The largest absolute Gasteiger partial charge is 0.469 e. The molecule has 3 nitrogen and oxygen atoms in total. The van der Waals surface area contributed by atoms with E-state index in [1.807, 2.05) is 36.4 Å². The monoisotopic (exact) mass is 319 g/mol. The summed E-state index contributed by atoms with van der Waals surface area (Å²) in [6.07, 6.45) is 3.60. The molecule has 1 aromatic heterocycles. The molecular weight excluding hydrogens is 298 g/mol. The summed E-state index contributed by atoms with van der Waals surface area (Å²) in [4.78, 5) is 11.3. The molecule has 1 heterocycles.